The third kappa shape index (κ3) is 3.29. The van der Waals surface area contributed by atoms with Crippen molar-refractivity contribution in [3.05, 3.63) is 26.1 Å². The number of methoxy groups -OCH3 is 1. The van der Waals surface area contributed by atoms with Crippen LogP contribution in [-0.2, 0) is 4.74 Å². The maximum absolute atomic E-state index is 12.0. The Morgan fingerprint density at radius 2 is 2.00 bits per heavy atom. The zero-order valence-electron chi connectivity index (χ0n) is 11.3. The molecule has 100 valence electrons. The molecule has 0 saturated heterocycles. The van der Waals surface area contributed by atoms with E-state index in [9.17, 15) is 9.59 Å². The lowest BCUT2D eigenvalue weighted by molar-refractivity contribution is 0.0605. The third-order valence-corrected chi connectivity index (χ3v) is 3.16. The zero-order valence-corrected chi connectivity index (χ0v) is 12.1. The highest BCUT2D eigenvalue weighted by molar-refractivity contribution is 7.11. The summed E-state index contributed by atoms with van der Waals surface area (Å²) in [7, 11) is 1.29. The van der Waals surface area contributed by atoms with E-state index >= 15 is 0 Å². The first-order valence-corrected chi connectivity index (χ1v) is 6.57. The topological polar surface area (TPSA) is 60.7 Å². The number of hydrogen-bond donors (Lipinski definition) is 0. The Balaban J connectivity index is 3.58. The summed E-state index contributed by atoms with van der Waals surface area (Å²) in [5, 5.41) is 0. The molecule has 0 radical (unpaired) electrons. The number of hydrogen-bond acceptors (Lipinski definition) is 5. The predicted molar refractivity (Wildman–Crippen MR) is 71.0 cm³/mol. The molecule has 0 N–H and O–H groups in total. The van der Waals surface area contributed by atoms with E-state index in [-0.39, 0.29) is 22.5 Å². The van der Waals surface area contributed by atoms with Gasteiger partial charge in [-0.05, 0) is 27.7 Å². The SMILES string of the molecule is COC(=O)c1cc(=O)n(C(C)C)c(=NC(C)C)s1. The molecule has 6 heteroatoms. The van der Waals surface area contributed by atoms with Crippen LogP contribution in [0.2, 0.25) is 0 Å². The summed E-state index contributed by atoms with van der Waals surface area (Å²) in [6, 6.07) is 1.35. The molecule has 0 saturated carbocycles. The van der Waals surface area contributed by atoms with Crippen LogP contribution in [0.4, 0.5) is 0 Å². The van der Waals surface area contributed by atoms with E-state index in [0.717, 1.165) is 0 Å². The zero-order chi connectivity index (χ0) is 13.9. The molecule has 0 aromatic carbocycles. The highest BCUT2D eigenvalue weighted by Crippen LogP contribution is 2.05. The average Bonchev–Trinajstić information content (AvgIpc) is 2.25. The van der Waals surface area contributed by atoms with Crippen molar-refractivity contribution in [2.75, 3.05) is 7.11 Å². The van der Waals surface area contributed by atoms with Crippen molar-refractivity contribution in [3.8, 4) is 0 Å². The van der Waals surface area contributed by atoms with Crippen LogP contribution in [0, 0.1) is 0 Å². The van der Waals surface area contributed by atoms with E-state index in [1.807, 2.05) is 27.7 Å². The lowest BCUT2D eigenvalue weighted by Crippen LogP contribution is -2.34. The Hall–Kier alpha value is -1.43. The van der Waals surface area contributed by atoms with E-state index < -0.39 is 5.97 Å². The monoisotopic (exact) mass is 270 g/mol. The average molecular weight is 270 g/mol. The van der Waals surface area contributed by atoms with Gasteiger partial charge in [-0.3, -0.25) is 14.4 Å². The molecule has 1 aromatic heterocycles. The van der Waals surface area contributed by atoms with E-state index in [0.29, 0.717) is 4.80 Å². The molecule has 0 spiro atoms. The van der Waals surface area contributed by atoms with E-state index in [4.69, 9.17) is 0 Å². The summed E-state index contributed by atoms with van der Waals surface area (Å²) in [6.07, 6.45) is 0. The van der Waals surface area contributed by atoms with Crippen LogP contribution in [0.3, 0.4) is 0 Å². The minimum absolute atomic E-state index is 0.00190. The Morgan fingerprint density at radius 1 is 1.39 bits per heavy atom. The van der Waals surface area contributed by atoms with Gasteiger partial charge in [-0.1, -0.05) is 11.3 Å². The standard InChI is InChI=1S/C12H18N2O3S/c1-7(2)13-12-14(8(3)4)10(15)6-9(18-12)11(16)17-5/h6-8H,1-5H3. The largest absolute Gasteiger partial charge is 0.465 e. The Bertz CT molecular complexity index is 555. The van der Waals surface area contributed by atoms with Crippen LogP contribution >= 0.6 is 11.3 Å². The van der Waals surface area contributed by atoms with Gasteiger partial charge in [0.25, 0.3) is 5.56 Å². The van der Waals surface area contributed by atoms with Crippen molar-refractivity contribution >= 4 is 17.3 Å². The molecular formula is C12H18N2O3S. The van der Waals surface area contributed by atoms with E-state index in [2.05, 4.69) is 9.73 Å². The first kappa shape index (κ1) is 14.6. The van der Waals surface area contributed by atoms with Gasteiger partial charge < -0.3 is 4.74 Å². The molecule has 0 amide bonds. The smallest absolute Gasteiger partial charge is 0.348 e. The van der Waals surface area contributed by atoms with Gasteiger partial charge in [0.15, 0.2) is 4.80 Å². The van der Waals surface area contributed by atoms with Crippen molar-refractivity contribution < 1.29 is 9.53 Å². The van der Waals surface area contributed by atoms with Crippen molar-refractivity contribution in [3.63, 3.8) is 0 Å². The van der Waals surface area contributed by atoms with Gasteiger partial charge in [0.05, 0.1) is 7.11 Å². The van der Waals surface area contributed by atoms with E-state index in [1.54, 1.807) is 4.57 Å². The Kier molecular flexibility index (Phi) is 4.84. The first-order valence-electron chi connectivity index (χ1n) is 5.75. The highest BCUT2D eigenvalue weighted by Gasteiger charge is 2.12. The van der Waals surface area contributed by atoms with Gasteiger partial charge in [-0.2, -0.15) is 0 Å². The van der Waals surface area contributed by atoms with Crippen LogP contribution in [0.1, 0.15) is 43.4 Å². The van der Waals surface area contributed by atoms with Gasteiger partial charge in [-0.15, -0.1) is 0 Å². The van der Waals surface area contributed by atoms with Gasteiger partial charge in [0.2, 0.25) is 0 Å². The van der Waals surface area contributed by atoms with Gasteiger partial charge in [0, 0.05) is 18.2 Å². The molecule has 1 rings (SSSR count). The Morgan fingerprint density at radius 3 is 2.44 bits per heavy atom. The number of nitrogens with zero attached hydrogens (tertiary/aromatic N) is 2. The lowest BCUT2D eigenvalue weighted by Gasteiger charge is -2.11. The van der Waals surface area contributed by atoms with Crippen LogP contribution in [0.5, 0.6) is 0 Å². The minimum Gasteiger partial charge on any atom is -0.465 e. The van der Waals surface area contributed by atoms with E-state index in [1.165, 1.54) is 24.5 Å². The van der Waals surface area contributed by atoms with Gasteiger partial charge in [0.1, 0.15) is 4.88 Å². The lowest BCUT2D eigenvalue weighted by atomic mass is 10.4. The normalized spacial score (nSPS) is 12.3. The number of rotatable bonds is 3. The number of esters is 1. The summed E-state index contributed by atoms with van der Waals surface area (Å²) >= 11 is 1.17. The number of carbonyl (C=O) groups excluding carboxylic acids is 1. The van der Waals surface area contributed by atoms with Crippen LogP contribution in [0.15, 0.2) is 15.9 Å². The second kappa shape index (κ2) is 5.95. The van der Waals surface area contributed by atoms with Crippen LogP contribution in [0.25, 0.3) is 0 Å². The summed E-state index contributed by atoms with van der Waals surface area (Å²) < 4.78 is 6.21. The summed E-state index contributed by atoms with van der Waals surface area (Å²) in [6.45, 7) is 7.66. The molecule has 0 aliphatic rings. The molecule has 0 unspecified atom stereocenters. The molecule has 1 heterocycles. The quantitative estimate of drug-likeness (QED) is 0.784. The molecule has 0 atom stereocenters. The summed E-state index contributed by atoms with van der Waals surface area (Å²) in [5.74, 6) is -0.506. The van der Waals surface area contributed by atoms with Crippen molar-refractivity contribution in [2.24, 2.45) is 4.99 Å². The molecule has 0 bridgehead atoms. The summed E-state index contributed by atoms with van der Waals surface area (Å²) in [5.41, 5.74) is -0.233. The second-order valence-electron chi connectivity index (χ2n) is 4.41. The molecule has 18 heavy (non-hydrogen) atoms. The van der Waals surface area contributed by atoms with Crippen molar-refractivity contribution in [1.82, 2.24) is 4.57 Å². The van der Waals surface area contributed by atoms with Gasteiger partial charge >= 0.3 is 5.97 Å². The number of ether oxygens (including phenoxy) is 1. The van der Waals surface area contributed by atoms with Crippen LogP contribution in [-0.4, -0.2) is 23.7 Å². The van der Waals surface area contributed by atoms with Crippen molar-refractivity contribution in [2.45, 2.75) is 39.8 Å². The number of carbonyl (C=O) groups is 1. The highest BCUT2D eigenvalue weighted by atomic mass is 32.1. The Labute approximate surface area is 110 Å². The van der Waals surface area contributed by atoms with Crippen LogP contribution < -0.4 is 10.4 Å². The molecule has 5 nitrogen and oxygen atoms in total. The summed E-state index contributed by atoms with van der Waals surface area (Å²) in [4.78, 5) is 28.7. The molecule has 0 aliphatic heterocycles. The maximum Gasteiger partial charge on any atom is 0.348 e. The molecule has 1 aromatic rings. The maximum atomic E-state index is 12.0. The second-order valence-corrected chi connectivity index (χ2v) is 5.42. The van der Waals surface area contributed by atoms with Gasteiger partial charge in [-0.25, -0.2) is 4.79 Å². The van der Waals surface area contributed by atoms with Crippen molar-refractivity contribution in [1.29, 1.82) is 0 Å². The third-order valence-electron chi connectivity index (χ3n) is 2.17. The fourth-order valence-electron chi connectivity index (χ4n) is 1.44. The number of aromatic nitrogens is 1. The molecule has 0 fully saturated rings. The molecular weight excluding hydrogens is 252 g/mol. The molecule has 0 aliphatic carbocycles. The first-order chi connectivity index (χ1) is 8.36. The predicted octanol–water partition coefficient (Wildman–Crippen LogP) is 1.59. The fraction of sp³-hybridized carbons (Fsp3) is 0.583. The fourth-order valence-corrected chi connectivity index (χ4v) is 2.62. The minimum atomic E-state index is -0.506.